The number of ketones is 1. The quantitative estimate of drug-likeness (QED) is 0.267. The minimum absolute atomic E-state index is 0.329. The van der Waals surface area contributed by atoms with Crippen LogP contribution >= 0.6 is 0 Å². The normalized spacial score (nSPS) is 19.4. The molecule has 0 spiro atoms. The fourth-order valence-electron chi connectivity index (χ4n) is 3.46. The van der Waals surface area contributed by atoms with Crippen LogP contribution in [0.2, 0.25) is 18.1 Å². The second-order valence-corrected chi connectivity index (χ2v) is 14.4. The van der Waals surface area contributed by atoms with Crippen molar-refractivity contribution in [3.8, 4) is 0 Å². The predicted molar refractivity (Wildman–Crippen MR) is 112 cm³/mol. The number of unbranched alkanes of at least 4 members (excludes halogenated alkanes) is 7. The van der Waals surface area contributed by atoms with Gasteiger partial charge in [0.05, 0.1) is 0 Å². The fourth-order valence-corrected chi connectivity index (χ4v) is 4.55. The molecule has 2 nitrogen and oxygen atoms in total. The van der Waals surface area contributed by atoms with E-state index in [2.05, 4.69) is 33.9 Å². The Morgan fingerprint density at radius 2 is 1.48 bits per heavy atom. The molecule has 0 N–H and O–H groups in total. The van der Waals surface area contributed by atoms with Gasteiger partial charge in [-0.1, -0.05) is 72.1 Å². The van der Waals surface area contributed by atoms with E-state index in [1.54, 1.807) is 0 Å². The Morgan fingerprint density at radius 1 is 0.920 bits per heavy atom. The molecule has 1 aliphatic rings. The van der Waals surface area contributed by atoms with Crippen LogP contribution in [0.25, 0.3) is 0 Å². The molecular weight excluding hydrogens is 324 g/mol. The van der Waals surface area contributed by atoms with Crippen molar-refractivity contribution in [3.63, 3.8) is 0 Å². The first-order chi connectivity index (χ1) is 11.7. The maximum atomic E-state index is 11.8. The van der Waals surface area contributed by atoms with Crippen LogP contribution in [0.3, 0.4) is 0 Å². The highest BCUT2D eigenvalue weighted by atomic mass is 28.4. The second kappa shape index (κ2) is 11.5. The summed E-state index contributed by atoms with van der Waals surface area (Å²) in [5.41, 5.74) is 0. The van der Waals surface area contributed by atoms with E-state index in [-0.39, 0.29) is 0 Å². The van der Waals surface area contributed by atoms with Gasteiger partial charge < -0.3 is 4.43 Å². The minimum atomic E-state index is -1.54. The van der Waals surface area contributed by atoms with Gasteiger partial charge in [-0.3, -0.25) is 4.79 Å². The molecule has 0 aromatic carbocycles. The molecule has 1 unspecified atom stereocenters. The topological polar surface area (TPSA) is 26.3 Å². The van der Waals surface area contributed by atoms with Crippen molar-refractivity contribution in [2.24, 2.45) is 5.92 Å². The van der Waals surface area contributed by atoms with Gasteiger partial charge in [0.1, 0.15) is 5.78 Å². The molecule has 0 amide bonds. The molecule has 1 saturated carbocycles. The average molecular weight is 369 g/mol. The highest BCUT2D eigenvalue weighted by Gasteiger charge is 2.36. The standard InChI is InChI=1S/C22H44O2Si/c1-22(2,3)25(4,5)24-19-15-11-9-7-6-8-10-12-16-20-17-13-14-18-21(20)23/h20H,6-19H2,1-5H3. The lowest BCUT2D eigenvalue weighted by Gasteiger charge is -2.36. The van der Waals surface area contributed by atoms with Gasteiger partial charge in [-0.05, 0) is 43.8 Å². The number of Topliss-reactive ketones (excluding diaryl/α,β-unsaturated/α-hetero) is 1. The molecule has 3 heteroatoms. The largest absolute Gasteiger partial charge is 0.417 e. The molecule has 1 rings (SSSR count). The fraction of sp³-hybridized carbons (Fsp3) is 0.955. The first kappa shape index (κ1) is 22.9. The summed E-state index contributed by atoms with van der Waals surface area (Å²) >= 11 is 0. The molecule has 0 aromatic heterocycles. The van der Waals surface area contributed by atoms with Crippen molar-refractivity contribution in [3.05, 3.63) is 0 Å². The third-order valence-corrected chi connectivity index (χ3v) is 10.9. The summed E-state index contributed by atoms with van der Waals surface area (Å²) in [5, 5.41) is 0.329. The summed E-state index contributed by atoms with van der Waals surface area (Å²) in [6.45, 7) is 12.6. The van der Waals surface area contributed by atoms with E-state index >= 15 is 0 Å². The minimum Gasteiger partial charge on any atom is -0.417 e. The van der Waals surface area contributed by atoms with Gasteiger partial charge in [0.15, 0.2) is 8.32 Å². The Kier molecular flexibility index (Phi) is 10.6. The van der Waals surface area contributed by atoms with Crippen LogP contribution in [0.1, 0.15) is 104 Å². The summed E-state index contributed by atoms with van der Waals surface area (Å²) in [7, 11) is -1.54. The third kappa shape index (κ3) is 9.37. The van der Waals surface area contributed by atoms with Crippen LogP contribution in [0.4, 0.5) is 0 Å². The summed E-state index contributed by atoms with van der Waals surface area (Å²) in [6.07, 6.45) is 16.1. The molecule has 0 heterocycles. The molecular formula is C22H44O2Si. The van der Waals surface area contributed by atoms with Crippen LogP contribution in [0.15, 0.2) is 0 Å². The van der Waals surface area contributed by atoms with E-state index in [9.17, 15) is 4.79 Å². The molecule has 148 valence electrons. The van der Waals surface area contributed by atoms with Crippen molar-refractivity contribution in [1.82, 2.24) is 0 Å². The van der Waals surface area contributed by atoms with E-state index in [4.69, 9.17) is 4.43 Å². The molecule has 1 fully saturated rings. The van der Waals surface area contributed by atoms with Gasteiger partial charge in [0, 0.05) is 18.9 Å². The molecule has 1 aliphatic carbocycles. The Labute approximate surface area is 158 Å². The van der Waals surface area contributed by atoms with Crippen molar-refractivity contribution >= 4 is 14.1 Å². The molecule has 25 heavy (non-hydrogen) atoms. The Bertz CT molecular complexity index is 371. The van der Waals surface area contributed by atoms with Crippen molar-refractivity contribution in [2.45, 2.75) is 122 Å². The number of hydrogen-bond donors (Lipinski definition) is 0. The Hall–Kier alpha value is -0.153. The van der Waals surface area contributed by atoms with E-state index in [1.165, 1.54) is 57.8 Å². The highest BCUT2D eigenvalue weighted by Crippen LogP contribution is 2.36. The monoisotopic (exact) mass is 368 g/mol. The number of carbonyl (C=O) groups excluding carboxylic acids is 1. The highest BCUT2D eigenvalue weighted by molar-refractivity contribution is 6.74. The van der Waals surface area contributed by atoms with Gasteiger partial charge >= 0.3 is 0 Å². The summed E-state index contributed by atoms with van der Waals surface area (Å²) in [6, 6.07) is 0. The maximum Gasteiger partial charge on any atom is 0.191 e. The first-order valence-electron chi connectivity index (χ1n) is 10.9. The predicted octanol–water partition coefficient (Wildman–Crippen LogP) is 7.28. The van der Waals surface area contributed by atoms with Crippen LogP contribution in [-0.4, -0.2) is 20.7 Å². The second-order valence-electron chi connectivity index (χ2n) is 9.63. The van der Waals surface area contributed by atoms with Gasteiger partial charge in [-0.2, -0.15) is 0 Å². The number of hydrogen-bond acceptors (Lipinski definition) is 2. The van der Waals surface area contributed by atoms with Gasteiger partial charge in [0.25, 0.3) is 0 Å². The summed E-state index contributed by atoms with van der Waals surface area (Å²) < 4.78 is 6.23. The lowest BCUT2D eigenvalue weighted by molar-refractivity contribution is -0.124. The Balaban J connectivity index is 1.88. The molecule has 0 bridgehead atoms. The SMILES string of the molecule is CC(C)(C)[Si](C)(C)OCCCCCCCCCCC1CCCCC1=O. The van der Waals surface area contributed by atoms with E-state index < -0.39 is 8.32 Å². The van der Waals surface area contributed by atoms with Gasteiger partial charge in [-0.15, -0.1) is 0 Å². The molecule has 0 aromatic rings. The molecule has 1 atom stereocenters. The lowest BCUT2D eigenvalue weighted by Crippen LogP contribution is -2.40. The lowest BCUT2D eigenvalue weighted by atomic mass is 9.84. The van der Waals surface area contributed by atoms with E-state index in [0.29, 0.717) is 16.7 Å². The zero-order valence-electron chi connectivity index (χ0n) is 17.8. The number of rotatable bonds is 12. The zero-order chi connectivity index (χ0) is 18.8. The molecule has 0 aliphatic heterocycles. The van der Waals surface area contributed by atoms with Gasteiger partial charge in [0.2, 0.25) is 0 Å². The van der Waals surface area contributed by atoms with E-state index in [0.717, 1.165) is 32.3 Å². The zero-order valence-corrected chi connectivity index (χ0v) is 18.8. The summed E-state index contributed by atoms with van der Waals surface area (Å²) in [5.74, 6) is 0.959. The maximum absolute atomic E-state index is 11.8. The van der Waals surface area contributed by atoms with Crippen molar-refractivity contribution in [1.29, 1.82) is 0 Å². The molecule has 0 radical (unpaired) electrons. The van der Waals surface area contributed by atoms with Crippen molar-refractivity contribution in [2.75, 3.05) is 6.61 Å². The number of carbonyl (C=O) groups is 1. The average Bonchev–Trinajstić information content (AvgIpc) is 2.53. The third-order valence-electron chi connectivity index (χ3n) is 6.40. The molecule has 0 saturated heterocycles. The van der Waals surface area contributed by atoms with Crippen molar-refractivity contribution < 1.29 is 9.22 Å². The van der Waals surface area contributed by atoms with E-state index in [1.807, 2.05) is 0 Å². The van der Waals surface area contributed by atoms with Crippen LogP contribution in [0.5, 0.6) is 0 Å². The summed E-state index contributed by atoms with van der Waals surface area (Å²) in [4.78, 5) is 11.8. The first-order valence-corrected chi connectivity index (χ1v) is 13.8. The smallest absolute Gasteiger partial charge is 0.191 e. The van der Waals surface area contributed by atoms with Crippen LogP contribution < -0.4 is 0 Å². The van der Waals surface area contributed by atoms with Crippen LogP contribution in [-0.2, 0) is 9.22 Å². The Morgan fingerprint density at radius 3 is 2.04 bits per heavy atom. The van der Waals surface area contributed by atoms with Gasteiger partial charge in [-0.25, -0.2) is 0 Å². The van der Waals surface area contributed by atoms with Crippen LogP contribution in [0, 0.1) is 5.92 Å².